The maximum absolute atomic E-state index is 11.6. The quantitative estimate of drug-likeness (QED) is 0.818. The van der Waals surface area contributed by atoms with Crippen molar-refractivity contribution < 1.29 is 0 Å². The van der Waals surface area contributed by atoms with Crippen LogP contribution in [-0.4, -0.2) is 21.6 Å². The zero-order valence-electron chi connectivity index (χ0n) is 10.7. The van der Waals surface area contributed by atoms with Crippen LogP contribution in [0.4, 0.5) is 5.82 Å². The molecule has 0 fully saturated rings. The van der Waals surface area contributed by atoms with Crippen LogP contribution < -0.4 is 10.5 Å². The molecule has 5 nitrogen and oxygen atoms in total. The van der Waals surface area contributed by atoms with E-state index in [9.17, 15) is 4.79 Å². The van der Waals surface area contributed by atoms with Crippen molar-refractivity contribution in [2.24, 2.45) is 7.05 Å². The first-order valence-corrected chi connectivity index (χ1v) is 5.76. The van der Waals surface area contributed by atoms with E-state index in [2.05, 4.69) is 9.97 Å². The molecule has 18 heavy (non-hydrogen) atoms. The minimum atomic E-state index is -0.0694. The summed E-state index contributed by atoms with van der Waals surface area (Å²) in [4.78, 5) is 22.1. The Balaban J connectivity index is 2.28. The molecule has 2 heterocycles. The van der Waals surface area contributed by atoms with Crippen LogP contribution in [0.5, 0.6) is 0 Å². The molecule has 0 amide bonds. The van der Waals surface area contributed by atoms with Crippen LogP contribution in [0.25, 0.3) is 0 Å². The Kier molecular flexibility index (Phi) is 3.41. The van der Waals surface area contributed by atoms with Crippen molar-refractivity contribution in [3.05, 3.63) is 52.8 Å². The van der Waals surface area contributed by atoms with Crippen molar-refractivity contribution in [1.29, 1.82) is 0 Å². The van der Waals surface area contributed by atoms with Crippen LogP contribution in [0.15, 0.2) is 41.6 Å². The van der Waals surface area contributed by atoms with Gasteiger partial charge in [0.2, 0.25) is 0 Å². The second-order valence-electron chi connectivity index (χ2n) is 4.24. The zero-order chi connectivity index (χ0) is 13.1. The van der Waals surface area contributed by atoms with Gasteiger partial charge in [-0.05, 0) is 19.1 Å². The van der Waals surface area contributed by atoms with E-state index in [0.717, 1.165) is 5.69 Å². The van der Waals surface area contributed by atoms with Gasteiger partial charge in [-0.3, -0.25) is 9.78 Å². The largest absolute Gasteiger partial charge is 0.351 e. The lowest BCUT2D eigenvalue weighted by molar-refractivity contribution is 0.696. The number of hydrogen-bond donors (Lipinski definition) is 0. The fraction of sp³-hybridized carbons (Fsp3) is 0.308. The Morgan fingerprint density at radius 3 is 2.72 bits per heavy atom. The molecule has 2 aromatic heterocycles. The van der Waals surface area contributed by atoms with Crippen molar-refractivity contribution in [2.75, 3.05) is 11.9 Å². The van der Waals surface area contributed by atoms with E-state index in [4.69, 9.17) is 0 Å². The van der Waals surface area contributed by atoms with Crippen molar-refractivity contribution >= 4 is 5.82 Å². The summed E-state index contributed by atoms with van der Waals surface area (Å²) in [6.45, 7) is 2.03. The monoisotopic (exact) mass is 244 g/mol. The molecule has 0 N–H and O–H groups in total. The number of pyridine rings is 1. The van der Waals surface area contributed by atoms with Gasteiger partial charge < -0.3 is 9.47 Å². The van der Waals surface area contributed by atoms with Gasteiger partial charge in [0, 0.05) is 26.4 Å². The molecule has 1 unspecified atom stereocenters. The van der Waals surface area contributed by atoms with Crippen molar-refractivity contribution in [3.63, 3.8) is 0 Å². The van der Waals surface area contributed by atoms with E-state index in [1.54, 1.807) is 13.2 Å². The molecule has 0 saturated carbocycles. The lowest BCUT2D eigenvalue weighted by Gasteiger charge is -2.25. The van der Waals surface area contributed by atoms with Crippen LogP contribution in [-0.2, 0) is 7.05 Å². The van der Waals surface area contributed by atoms with E-state index in [0.29, 0.717) is 5.82 Å². The van der Waals surface area contributed by atoms with Crippen LogP contribution in [0, 0.1) is 0 Å². The molecule has 0 spiro atoms. The highest BCUT2D eigenvalue weighted by atomic mass is 16.1. The van der Waals surface area contributed by atoms with Gasteiger partial charge in [-0.25, -0.2) is 4.98 Å². The van der Waals surface area contributed by atoms with Gasteiger partial charge in [0.15, 0.2) is 0 Å². The third-order valence-electron chi connectivity index (χ3n) is 3.02. The van der Waals surface area contributed by atoms with Crippen LogP contribution in [0.3, 0.4) is 0 Å². The number of hydrogen-bond acceptors (Lipinski definition) is 4. The topological polar surface area (TPSA) is 51.0 Å². The predicted molar refractivity (Wildman–Crippen MR) is 70.5 cm³/mol. The predicted octanol–water partition coefficient (Wildman–Crippen LogP) is 1.37. The lowest BCUT2D eigenvalue weighted by atomic mass is 10.2. The Hall–Kier alpha value is -2.17. The van der Waals surface area contributed by atoms with Crippen molar-refractivity contribution in [3.8, 4) is 0 Å². The van der Waals surface area contributed by atoms with Gasteiger partial charge in [0.1, 0.15) is 5.82 Å². The SMILES string of the molecule is CC(c1ccccn1)N(C)c1cc(=O)n(C)cn1. The van der Waals surface area contributed by atoms with Gasteiger partial charge in [-0.15, -0.1) is 0 Å². The zero-order valence-corrected chi connectivity index (χ0v) is 10.7. The number of rotatable bonds is 3. The van der Waals surface area contributed by atoms with E-state index < -0.39 is 0 Å². The smallest absolute Gasteiger partial charge is 0.255 e. The Bertz CT molecular complexity index is 579. The maximum atomic E-state index is 11.6. The molecule has 2 rings (SSSR count). The minimum Gasteiger partial charge on any atom is -0.351 e. The summed E-state index contributed by atoms with van der Waals surface area (Å²) in [6.07, 6.45) is 3.29. The second kappa shape index (κ2) is 5.00. The normalized spacial score (nSPS) is 12.2. The standard InChI is InChI=1S/C13H16N4O/c1-10(11-6-4-5-7-14-11)17(3)12-8-13(18)16(2)9-15-12/h4-10H,1-3H3. The summed E-state index contributed by atoms with van der Waals surface area (Å²) in [7, 11) is 3.59. The molecule has 0 radical (unpaired) electrons. The van der Waals surface area contributed by atoms with E-state index in [1.165, 1.54) is 17.0 Å². The van der Waals surface area contributed by atoms with Gasteiger partial charge in [0.25, 0.3) is 5.56 Å². The molecular weight excluding hydrogens is 228 g/mol. The van der Waals surface area contributed by atoms with Crippen LogP contribution in [0.2, 0.25) is 0 Å². The molecule has 2 aromatic rings. The fourth-order valence-corrected chi connectivity index (χ4v) is 1.66. The maximum Gasteiger partial charge on any atom is 0.255 e. The van der Waals surface area contributed by atoms with Crippen molar-refractivity contribution in [2.45, 2.75) is 13.0 Å². The van der Waals surface area contributed by atoms with Gasteiger partial charge in [0.05, 0.1) is 18.1 Å². The highest BCUT2D eigenvalue weighted by Crippen LogP contribution is 2.20. The summed E-state index contributed by atoms with van der Waals surface area (Å²) < 4.78 is 1.45. The molecular formula is C13H16N4O. The van der Waals surface area contributed by atoms with Crippen LogP contribution >= 0.6 is 0 Å². The Labute approximate surface area is 106 Å². The fourth-order valence-electron chi connectivity index (χ4n) is 1.66. The lowest BCUT2D eigenvalue weighted by Crippen LogP contribution is -2.26. The van der Waals surface area contributed by atoms with Gasteiger partial charge >= 0.3 is 0 Å². The van der Waals surface area contributed by atoms with Crippen LogP contribution in [0.1, 0.15) is 18.7 Å². The minimum absolute atomic E-state index is 0.0609. The van der Waals surface area contributed by atoms with Gasteiger partial charge in [-0.1, -0.05) is 6.07 Å². The Morgan fingerprint density at radius 2 is 2.11 bits per heavy atom. The summed E-state index contributed by atoms with van der Waals surface area (Å²) in [6, 6.07) is 7.38. The third kappa shape index (κ3) is 2.40. The number of aromatic nitrogens is 3. The molecule has 5 heteroatoms. The summed E-state index contributed by atoms with van der Waals surface area (Å²) in [5.41, 5.74) is 0.877. The first kappa shape index (κ1) is 12.3. The number of anilines is 1. The third-order valence-corrected chi connectivity index (χ3v) is 3.02. The average molecular weight is 244 g/mol. The van der Waals surface area contributed by atoms with E-state index >= 15 is 0 Å². The molecule has 0 bridgehead atoms. The second-order valence-corrected chi connectivity index (χ2v) is 4.24. The summed E-state index contributed by atoms with van der Waals surface area (Å²) in [5.74, 6) is 0.649. The molecule has 0 aliphatic rings. The van der Waals surface area contributed by atoms with E-state index in [-0.39, 0.29) is 11.6 Å². The molecule has 1 atom stereocenters. The van der Waals surface area contributed by atoms with Crippen molar-refractivity contribution in [1.82, 2.24) is 14.5 Å². The summed E-state index contributed by atoms with van der Waals surface area (Å²) in [5, 5.41) is 0. The molecule has 94 valence electrons. The van der Waals surface area contributed by atoms with E-state index in [1.807, 2.05) is 37.1 Å². The Morgan fingerprint density at radius 1 is 1.33 bits per heavy atom. The highest BCUT2D eigenvalue weighted by molar-refractivity contribution is 5.38. The molecule has 0 aliphatic heterocycles. The summed E-state index contributed by atoms with van der Waals surface area (Å²) >= 11 is 0. The average Bonchev–Trinajstić information content (AvgIpc) is 2.41. The number of aryl methyl sites for hydroxylation is 1. The first-order valence-electron chi connectivity index (χ1n) is 5.76. The molecule has 0 aliphatic carbocycles. The number of nitrogens with zero attached hydrogens (tertiary/aromatic N) is 4. The first-order chi connectivity index (χ1) is 8.59. The highest BCUT2D eigenvalue weighted by Gasteiger charge is 2.14. The van der Waals surface area contributed by atoms with Gasteiger partial charge in [-0.2, -0.15) is 0 Å². The molecule has 0 aromatic carbocycles. The molecule has 0 saturated heterocycles.